The number of rotatable bonds is 40. The first kappa shape index (κ1) is 64.8. The molecular weight excluding hydrogens is 977 g/mol. The van der Waals surface area contributed by atoms with E-state index in [-0.39, 0.29) is 45.1 Å². The Morgan fingerprint density at radius 3 is 1.06 bits per heavy atom. The number of urea groups is 2. The number of nitrogens with one attached hydrogen (secondary N) is 8. The van der Waals surface area contributed by atoms with Gasteiger partial charge in [0.05, 0.1) is 30.9 Å². The second kappa shape index (κ2) is 40.7. The molecule has 0 unspecified atom stereocenters. The van der Waals surface area contributed by atoms with E-state index < -0.39 is 35.7 Å². The molecule has 17 heteroatoms. The molecule has 0 saturated carbocycles. The summed E-state index contributed by atoms with van der Waals surface area (Å²) in [4.78, 5) is 80.8. The minimum absolute atomic E-state index is 0.0943. The molecule has 3 aromatic rings. The van der Waals surface area contributed by atoms with Gasteiger partial charge >= 0.3 is 12.1 Å². The monoisotopic (exact) mass is 1070 g/mol. The van der Waals surface area contributed by atoms with Crippen LogP contribution in [0.2, 0.25) is 0 Å². The summed E-state index contributed by atoms with van der Waals surface area (Å²) in [5.41, 5.74) is 10.7. The lowest BCUT2D eigenvalue weighted by atomic mass is 10.1. The van der Waals surface area contributed by atoms with E-state index >= 15 is 0 Å². The Morgan fingerprint density at radius 1 is 0.351 bits per heavy atom. The molecule has 0 bridgehead atoms. The second-order valence-corrected chi connectivity index (χ2v) is 19.7. The SMILES string of the molecule is CCCCCCCCOc1cc(C(=O)Nc2ccc(OCCCCCCCC)c(C(=O)NNC(=O)NCCCCCC)c2)cc(C(=O)Nc2ccc(OCCCCCCCC)c(C(=O)NNC(=O)NCCCCCC)c2)c1. The molecule has 0 saturated heterocycles. The predicted molar refractivity (Wildman–Crippen MR) is 308 cm³/mol. The molecule has 0 heterocycles. The van der Waals surface area contributed by atoms with E-state index in [1.54, 1.807) is 36.4 Å². The lowest BCUT2D eigenvalue weighted by molar-refractivity contribution is 0.0925. The van der Waals surface area contributed by atoms with Gasteiger partial charge in [-0.15, -0.1) is 0 Å². The molecule has 3 rings (SSSR count). The number of benzene rings is 3. The van der Waals surface area contributed by atoms with Gasteiger partial charge in [0.1, 0.15) is 17.2 Å². The standard InChI is InChI=1S/C60H94N8O9/c1-6-11-16-21-24-29-38-75-50-42-46(55(69)63-48-32-34-53(76-39-30-25-22-17-12-7-2)51(44-48)57(71)65-67-59(73)61-36-27-19-14-9-4)41-47(43-50)56(70)64-49-33-35-54(77-40-31-26-23-18-13-8-3)52(45-49)58(72)66-68-60(74)62-37-28-20-15-10-5/h32-35,41-45H,6-31,36-40H2,1-5H3,(H,63,69)(H,64,70)(H,65,71)(H,66,72)(H2,61,67,73)(H2,62,68,74). The van der Waals surface area contributed by atoms with Crippen LogP contribution in [0, 0.1) is 0 Å². The summed E-state index contributed by atoms with van der Waals surface area (Å²) < 4.78 is 18.4. The number of hydrazine groups is 2. The van der Waals surface area contributed by atoms with Crippen molar-refractivity contribution in [1.82, 2.24) is 32.3 Å². The van der Waals surface area contributed by atoms with Crippen molar-refractivity contribution in [3.05, 3.63) is 76.9 Å². The van der Waals surface area contributed by atoms with E-state index in [4.69, 9.17) is 14.2 Å². The molecule has 8 N–H and O–H groups in total. The average Bonchev–Trinajstić information content (AvgIpc) is 3.43. The van der Waals surface area contributed by atoms with Gasteiger partial charge < -0.3 is 35.5 Å². The Bertz CT molecular complexity index is 2070. The minimum Gasteiger partial charge on any atom is -0.494 e. The molecule has 0 fully saturated rings. The molecule has 8 amide bonds. The van der Waals surface area contributed by atoms with Crippen molar-refractivity contribution in [2.75, 3.05) is 43.5 Å². The molecule has 77 heavy (non-hydrogen) atoms. The zero-order valence-corrected chi connectivity index (χ0v) is 47.3. The van der Waals surface area contributed by atoms with Crippen molar-refractivity contribution in [3.63, 3.8) is 0 Å². The summed E-state index contributed by atoms with van der Waals surface area (Å²) >= 11 is 0. The highest BCUT2D eigenvalue weighted by atomic mass is 16.5. The third-order valence-electron chi connectivity index (χ3n) is 12.9. The van der Waals surface area contributed by atoms with Crippen LogP contribution in [0.25, 0.3) is 0 Å². The lowest BCUT2D eigenvalue weighted by Gasteiger charge is -2.16. The topological polar surface area (TPSA) is 226 Å². The average molecular weight is 1070 g/mol. The van der Waals surface area contributed by atoms with Crippen molar-refractivity contribution in [1.29, 1.82) is 0 Å². The molecular formula is C60H94N8O9. The molecule has 0 radical (unpaired) electrons. The van der Waals surface area contributed by atoms with E-state index in [1.165, 1.54) is 37.5 Å². The van der Waals surface area contributed by atoms with Crippen LogP contribution < -0.4 is 57.2 Å². The third-order valence-corrected chi connectivity index (χ3v) is 12.9. The maximum atomic E-state index is 14.2. The van der Waals surface area contributed by atoms with Gasteiger partial charge in [-0.1, -0.05) is 169 Å². The number of anilines is 2. The van der Waals surface area contributed by atoms with Gasteiger partial charge in [0.25, 0.3) is 23.6 Å². The van der Waals surface area contributed by atoms with Crippen LogP contribution in [0.4, 0.5) is 21.0 Å². The van der Waals surface area contributed by atoms with E-state index in [1.807, 2.05) is 0 Å². The Balaban J connectivity index is 1.89. The van der Waals surface area contributed by atoms with Crippen LogP contribution in [-0.2, 0) is 0 Å². The first-order valence-electron chi connectivity index (χ1n) is 29.2. The first-order valence-corrected chi connectivity index (χ1v) is 29.2. The molecule has 0 aliphatic heterocycles. The summed E-state index contributed by atoms with van der Waals surface area (Å²) in [5.74, 6) is -1.58. The Labute approximate surface area is 460 Å². The Morgan fingerprint density at radius 2 is 0.688 bits per heavy atom. The highest BCUT2D eigenvalue weighted by Crippen LogP contribution is 2.28. The van der Waals surface area contributed by atoms with Crippen LogP contribution in [0.15, 0.2) is 54.6 Å². The third kappa shape index (κ3) is 27.9. The maximum absolute atomic E-state index is 14.2. The largest absolute Gasteiger partial charge is 0.494 e. The normalized spacial score (nSPS) is 10.8. The number of hydrogen-bond acceptors (Lipinski definition) is 9. The van der Waals surface area contributed by atoms with Crippen molar-refractivity contribution >= 4 is 47.1 Å². The zero-order valence-electron chi connectivity index (χ0n) is 47.3. The fraction of sp³-hybridized carbons (Fsp3) is 0.600. The van der Waals surface area contributed by atoms with Gasteiger partial charge in [-0.05, 0) is 86.7 Å². The minimum atomic E-state index is -0.641. The fourth-order valence-corrected chi connectivity index (χ4v) is 8.33. The molecule has 428 valence electrons. The molecule has 3 aromatic carbocycles. The number of amides is 8. The van der Waals surface area contributed by atoms with Crippen molar-refractivity contribution in [3.8, 4) is 17.2 Å². The predicted octanol–water partition coefficient (Wildman–Crippen LogP) is 13.5. The Hall–Kier alpha value is -6.52. The van der Waals surface area contributed by atoms with Gasteiger partial charge in [-0.25, -0.2) is 20.4 Å². The van der Waals surface area contributed by atoms with E-state index in [0.29, 0.717) is 38.7 Å². The summed E-state index contributed by atoms with van der Waals surface area (Å²) in [5, 5.41) is 11.2. The summed E-state index contributed by atoms with van der Waals surface area (Å²) in [6.45, 7) is 12.8. The number of hydrogen-bond donors (Lipinski definition) is 8. The quantitative estimate of drug-likeness (QED) is 0.0200. The van der Waals surface area contributed by atoms with Gasteiger partial charge in [-0.2, -0.15) is 0 Å². The summed E-state index contributed by atoms with van der Waals surface area (Å²) in [6.07, 6.45) is 26.8. The lowest BCUT2D eigenvalue weighted by Crippen LogP contribution is -2.47. The van der Waals surface area contributed by atoms with Crippen LogP contribution in [0.3, 0.4) is 0 Å². The maximum Gasteiger partial charge on any atom is 0.333 e. The molecule has 0 aromatic heterocycles. The highest BCUT2D eigenvalue weighted by Gasteiger charge is 2.21. The molecule has 0 spiro atoms. The van der Waals surface area contributed by atoms with E-state index in [0.717, 1.165) is 148 Å². The van der Waals surface area contributed by atoms with Gasteiger partial charge in [0, 0.05) is 35.6 Å². The van der Waals surface area contributed by atoms with E-state index in [9.17, 15) is 28.8 Å². The fourth-order valence-electron chi connectivity index (χ4n) is 8.33. The number of carbonyl (C=O) groups is 6. The van der Waals surface area contributed by atoms with E-state index in [2.05, 4.69) is 77.6 Å². The smallest absolute Gasteiger partial charge is 0.333 e. The number of carbonyl (C=O) groups excluding carboxylic acids is 6. The van der Waals surface area contributed by atoms with Crippen LogP contribution >= 0.6 is 0 Å². The van der Waals surface area contributed by atoms with Crippen LogP contribution in [0.5, 0.6) is 17.2 Å². The van der Waals surface area contributed by atoms with Crippen molar-refractivity contribution < 1.29 is 43.0 Å². The van der Waals surface area contributed by atoms with Crippen LogP contribution in [0.1, 0.15) is 243 Å². The summed E-state index contributed by atoms with van der Waals surface area (Å²) in [7, 11) is 0. The molecule has 0 atom stereocenters. The highest BCUT2D eigenvalue weighted by molar-refractivity contribution is 6.10. The van der Waals surface area contributed by atoms with Gasteiger partial charge in [0.2, 0.25) is 0 Å². The van der Waals surface area contributed by atoms with Crippen LogP contribution in [-0.4, -0.2) is 68.6 Å². The van der Waals surface area contributed by atoms with Gasteiger partial charge in [0.15, 0.2) is 0 Å². The second-order valence-electron chi connectivity index (χ2n) is 19.7. The van der Waals surface area contributed by atoms with Crippen molar-refractivity contribution in [2.24, 2.45) is 0 Å². The first-order chi connectivity index (χ1) is 37.5. The summed E-state index contributed by atoms with van der Waals surface area (Å²) in [6, 6.07) is 12.9. The zero-order chi connectivity index (χ0) is 55.7. The molecule has 0 aliphatic rings. The van der Waals surface area contributed by atoms with Gasteiger partial charge in [-0.3, -0.25) is 30.0 Å². The number of ether oxygens (including phenoxy) is 3. The van der Waals surface area contributed by atoms with Crippen molar-refractivity contribution in [2.45, 2.75) is 202 Å². The molecule has 0 aliphatic carbocycles. The Kier molecular flexibility index (Phi) is 34.2. The number of unbranched alkanes of at least 4 members (excludes halogenated alkanes) is 21. The molecule has 17 nitrogen and oxygen atoms in total.